The number of ether oxygens (including phenoxy) is 1. The molecule has 0 heterocycles. The molecule has 0 bridgehead atoms. The quantitative estimate of drug-likeness (QED) is 0.754. The molecule has 1 saturated carbocycles. The summed E-state index contributed by atoms with van der Waals surface area (Å²) in [5.41, 5.74) is -0.543. The van der Waals surface area contributed by atoms with Crippen LogP contribution in [-0.4, -0.2) is 29.7 Å². The van der Waals surface area contributed by atoms with Crippen LogP contribution in [0.4, 0.5) is 4.79 Å². The van der Waals surface area contributed by atoms with E-state index in [1.807, 2.05) is 34.6 Å². The van der Waals surface area contributed by atoms with Crippen LogP contribution in [0, 0.1) is 5.92 Å². The van der Waals surface area contributed by atoms with Crippen molar-refractivity contribution in [3.8, 4) is 0 Å². The van der Waals surface area contributed by atoms with E-state index in [0.717, 1.165) is 12.8 Å². The Bertz CT molecular complexity index is 317. The number of urea groups is 1. The lowest BCUT2D eigenvalue weighted by atomic mass is 10.0. The molecule has 0 spiro atoms. The van der Waals surface area contributed by atoms with E-state index in [1.165, 1.54) is 0 Å². The minimum absolute atomic E-state index is 0.00944. The second-order valence-electron chi connectivity index (χ2n) is 6.15. The maximum absolute atomic E-state index is 12.0. The lowest BCUT2D eigenvalue weighted by Crippen LogP contribution is -2.50. The van der Waals surface area contributed by atoms with E-state index in [-0.39, 0.29) is 24.0 Å². The van der Waals surface area contributed by atoms with Crippen LogP contribution in [-0.2, 0) is 9.53 Å². The fourth-order valence-electron chi connectivity index (χ4n) is 1.46. The predicted octanol–water partition coefficient (Wildman–Crippen LogP) is 1.81. The number of nitrogens with one attached hydrogen (secondary N) is 2. The lowest BCUT2D eigenvalue weighted by Gasteiger charge is -2.26. The van der Waals surface area contributed by atoms with Crippen LogP contribution in [0.3, 0.4) is 0 Å². The van der Waals surface area contributed by atoms with Crippen molar-refractivity contribution in [3.63, 3.8) is 0 Å². The van der Waals surface area contributed by atoms with E-state index in [1.54, 1.807) is 0 Å². The van der Waals surface area contributed by atoms with Crippen molar-refractivity contribution < 1.29 is 14.3 Å². The fraction of sp³-hybridized carbons (Fsp3) is 0.846. The van der Waals surface area contributed by atoms with Gasteiger partial charge in [-0.1, -0.05) is 13.8 Å². The van der Waals surface area contributed by atoms with Gasteiger partial charge in [-0.15, -0.1) is 0 Å². The molecule has 0 unspecified atom stereocenters. The van der Waals surface area contributed by atoms with E-state index in [4.69, 9.17) is 4.74 Å². The molecule has 0 aliphatic heterocycles. The van der Waals surface area contributed by atoms with Crippen molar-refractivity contribution in [3.05, 3.63) is 0 Å². The Morgan fingerprint density at radius 3 is 2.17 bits per heavy atom. The second-order valence-corrected chi connectivity index (χ2v) is 6.15. The monoisotopic (exact) mass is 256 g/mol. The normalized spacial score (nSPS) is 17.2. The zero-order valence-electron chi connectivity index (χ0n) is 11.9. The SMILES string of the molecule is CC(C)[C@H](NC(=O)NC1CC1)C(=O)OC(C)(C)C. The molecule has 0 saturated heterocycles. The summed E-state index contributed by atoms with van der Waals surface area (Å²) in [7, 11) is 0. The number of carbonyl (C=O) groups is 2. The summed E-state index contributed by atoms with van der Waals surface area (Å²) in [6.07, 6.45) is 2.04. The molecule has 0 aromatic carbocycles. The summed E-state index contributed by atoms with van der Waals surface area (Å²) in [5, 5.41) is 5.48. The number of carbonyl (C=O) groups excluding carboxylic acids is 2. The van der Waals surface area contributed by atoms with Gasteiger partial charge in [0, 0.05) is 6.04 Å². The summed E-state index contributed by atoms with van der Waals surface area (Å²) < 4.78 is 5.30. The van der Waals surface area contributed by atoms with Crippen molar-refractivity contribution in [2.75, 3.05) is 0 Å². The van der Waals surface area contributed by atoms with Gasteiger partial charge in [-0.2, -0.15) is 0 Å². The molecule has 2 N–H and O–H groups in total. The van der Waals surface area contributed by atoms with E-state index < -0.39 is 11.6 Å². The maximum Gasteiger partial charge on any atom is 0.329 e. The molecule has 0 radical (unpaired) electrons. The molecule has 18 heavy (non-hydrogen) atoms. The van der Waals surface area contributed by atoms with Crippen LogP contribution >= 0.6 is 0 Å². The third kappa shape index (κ3) is 5.38. The summed E-state index contributed by atoms with van der Waals surface area (Å²) in [6.45, 7) is 9.20. The van der Waals surface area contributed by atoms with Crippen LogP contribution in [0.5, 0.6) is 0 Å². The van der Waals surface area contributed by atoms with Gasteiger partial charge < -0.3 is 15.4 Å². The van der Waals surface area contributed by atoms with Gasteiger partial charge in [0.2, 0.25) is 0 Å². The minimum atomic E-state index is -0.608. The Kier molecular flexibility index (Phi) is 4.59. The molecule has 104 valence electrons. The minimum Gasteiger partial charge on any atom is -0.458 e. The van der Waals surface area contributed by atoms with E-state index in [9.17, 15) is 9.59 Å². The summed E-state index contributed by atoms with van der Waals surface area (Å²) in [6, 6.07) is -0.624. The van der Waals surface area contributed by atoms with Crippen molar-refractivity contribution in [1.82, 2.24) is 10.6 Å². The van der Waals surface area contributed by atoms with Gasteiger partial charge in [-0.25, -0.2) is 9.59 Å². The lowest BCUT2D eigenvalue weighted by molar-refractivity contribution is -0.158. The van der Waals surface area contributed by atoms with E-state index in [2.05, 4.69) is 10.6 Å². The topological polar surface area (TPSA) is 67.4 Å². The van der Waals surface area contributed by atoms with Crippen molar-refractivity contribution in [1.29, 1.82) is 0 Å². The molecule has 1 fully saturated rings. The molecule has 1 rings (SSSR count). The van der Waals surface area contributed by atoms with Gasteiger partial charge in [0.15, 0.2) is 0 Å². The Morgan fingerprint density at radius 2 is 1.78 bits per heavy atom. The van der Waals surface area contributed by atoms with Crippen LogP contribution in [0.15, 0.2) is 0 Å². The smallest absolute Gasteiger partial charge is 0.329 e. The first-order valence-electron chi connectivity index (χ1n) is 6.49. The number of amides is 2. The Balaban J connectivity index is 2.52. The fourth-order valence-corrected chi connectivity index (χ4v) is 1.46. The van der Waals surface area contributed by atoms with E-state index >= 15 is 0 Å². The average Bonchev–Trinajstić information content (AvgIpc) is 2.94. The van der Waals surface area contributed by atoms with Gasteiger partial charge in [0.1, 0.15) is 11.6 Å². The molecular formula is C13H24N2O3. The van der Waals surface area contributed by atoms with Crippen molar-refractivity contribution >= 4 is 12.0 Å². The zero-order valence-corrected chi connectivity index (χ0v) is 11.9. The van der Waals surface area contributed by atoms with Crippen LogP contribution in [0.1, 0.15) is 47.5 Å². The summed E-state index contributed by atoms with van der Waals surface area (Å²) in [5.74, 6) is -0.395. The first-order chi connectivity index (χ1) is 8.19. The first kappa shape index (κ1) is 14.8. The molecule has 2 amide bonds. The molecule has 0 aromatic heterocycles. The molecule has 5 nitrogen and oxygen atoms in total. The number of hydrogen-bond donors (Lipinski definition) is 2. The Morgan fingerprint density at radius 1 is 1.22 bits per heavy atom. The van der Waals surface area contributed by atoms with E-state index in [0.29, 0.717) is 0 Å². The van der Waals surface area contributed by atoms with Gasteiger partial charge >= 0.3 is 12.0 Å². The Labute approximate surface area is 109 Å². The molecule has 5 heteroatoms. The van der Waals surface area contributed by atoms with Gasteiger partial charge in [0.25, 0.3) is 0 Å². The summed E-state index contributed by atoms with van der Waals surface area (Å²) in [4.78, 5) is 23.6. The van der Waals surface area contributed by atoms with Crippen LogP contribution in [0.25, 0.3) is 0 Å². The third-order valence-electron chi connectivity index (χ3n) is 2.53. The standard InChI is InChI=1S/C13H24N2O3/c1-8(2)10(11(16)18-13(3,4)5)15-12(17)14-9-6-7-9/h8-10H,6-7H2,1-5H3,(H2,14,15,17)/t10-/m0/s1. The highest BCUT2D eigenvalue weighted by molar-refractivity contribution is 5.84. The molecule has 1 aliphatic carbocycles. The van der Waals surface area contributed by atoms with Crippen molar-refractivity contribution in [2.24, 2.45) is 5.92 Å². The largest absolute Gasteiger partial charge is 0.458 e. The highest BCUT2D eigenvalue weighted by Gasteiger charge is 2.31. The Hall–Kier alpha value is -1.26. The highest BCUT2D eigenvalue weighted by atomic mass is 16.6. The highest BCUT2D eigenvalue weighted by Crippen LogP contribution is 2.18. The van der Waals surface area contributed by atoms with Crippen LogP contribution < -0.4 is 10.6 Å². The maximum atomic E-state index is 12.0. The molecular weight excluding hydrogens is 232 g/mol. The molecule has 1 aliphatic rings. The molecule has 0 aromatic rings. The molecule has 1 atom stereocenters. The zero-order chi connectivity index (χ0) is 13.9. The van der Waals surface area contributed by atoms with Crippen molar-refractivity contribution in [2.45, 2.75) is 65.1 Å². The first-order valence-corrected chi connectivity index (χ1v) is 6.49. The van der Waals surface area contributed by atoms with Gasteiger partial charge in [-0.05, 0) is 39.5 Å². The number of hydrogen-bond acceptors (Lipinski definition) is 3. The number of esters is 1. The predicted molar refractivity (Wildman–Crippen MR) is 69.2 cm³/mol. The van der Waals surface area contributed by atoms with Crippen LogP contribution in [0.2, 0.25) is 0 Å². The number of rotatable bonds is 4. The second kappa shape index (κ2) is 5.59. The van der Waals surface area contributed by atoms with Gasteiger partial charge in [0.05, 0.1) is 0 Å². The summed E-state index contributed by atoms with van der Waals surface area (Å²) >= 11 is 0. The third-order valence-corrected chi connectivity index (χ3v) is 2.53. The van der Waals surface area contributed by atoms with Gasteiger partial charge in [-0.3, -0.25) is 0 Å². The average molecular weight is 256 g/mol.